The smallest absolute Gasteiger partial charge is 0.328 e. The molecule has 0 spiro atoms. The van der Waals surface area contributed by atoms with Gasteiger partial charge in [-0.25, -0.2) is 9.78 Å². The second-order valence-corrected chi connectivity index (χ2v) is 5.05. The van der Waals surface area contributed by atoms with E-state index in [0.29, 0.717) is 23.7 Å². The van der Waals surface area contributed by atoms with Gasteiger partial charge in [0.25, 0.3) is 0 Å². The predicted molar refractivity (Wildman–Crippen MR) is 79.0 cm³/mol. The number of pyridine rings is 1. The van der Waals surface area contributed by atoms with E-state index in [-0.39, 0.29) is 11.0 Å². The highest BCUT2D eigenvalue weighted by molar-refractivity contribution is 7.80. The van der Waals surface area contributed by atoms with E-state index in [4.69, 9.17) is 22.7 Å². The van der Waals surface area contributed by atoms with Crippen LogP contribution in [0.4, 0.5) is 5.82 Å². The molecule has 1 atom stereocenters. The van der Waals surface area contributed by atoms with Crippen molar-refractivity contribution in [3.05, 3.63) is 23.9 Å². The fourth-order valence-corrected chi connectivity index (χ4v) is 1.88. The Morgan fingerprint density at radius 2 is 2.26 bits per heavy atom. The van der Waals surface area contributed by atoms with Crippen molar-refractivity contribution in [2.75, 3.05) is 12.4 Å². The molecule has 0 fully saturated rings. The second-order valence-electron chi connectivity index (χ2n) is 4.61. The lowest BCUT2D eigenvalue weighted by atomic mass is 10.0. The molecule has 1 unspecified atom stereocenters. The lowest BCUT2D eigenvalue weighted by molar-refractivity contribution is -0.141. The van der Waals surface area contributed by atoms with Crippen LogP contribution in [0.25, 0.3) is 0 Å². The number of methoxy groups -OCH3 is 1. The molecule has 0 saturated carbocycles. The van der Waals surface area contributed by atoms with Gasteiger partial charge in [-0.05, 0) is 24.5 Å². The number of esters is 1. The number of nitrogens with two attached hydrogens (primary N) is 1. The molecule has 104 valence electrons. The number of aromatic nitrogens is 1. The summed E-state index contributed by atoms with van der Waals surface area (Å²) >= 11 is 4.97. The molecule has 1 rings (SSSR count). The molecule has 1 aromatic rings. The first-order valence-electron chi connectivity index (χ1n) is 6.04. The monoisotopic (exact) mass is 281 g/mol. The zero-order valence-electron chi connectivity index (χ0n) is 11.3. The van der Waals surface area contributed by atoms with Crippen molar-refractivity contribution in [3.8, 4) is 0 Å². The van der Waals surface area contributed by atoms with E-state index in [1.165, 1.54) is 7.11 Å². The topological polar surface area (TPSA) is 77.2 Å². The third kappa shape index (κ3) is 4.48. The Hall–Kier alpha value is -1.69. The molecule has 0 amide bonds. The summed E-state index contributed by atoms with van der Waals surface area (Å²) in [5.74, 6) is 0.521. The van der Waals surface area contributed by atoms with Crippen LogP contribution in [0.5, 0.6) is 0 Å². The van der Waals surface area contributed by atoms with Gasteiger partial charge in [0.2, 0.25) is 0 Å². The minimum absolute atomic E-state index is 0.240. The van der Waals surface area contributed by atoms with Gasteiger partial charge >= 0.3 is 5.97 Å². The SMILES string of the molecule is COC(=O)C(CC(C)C)Nc1ncccc1C(N)=S. The van der Waals surface area contributed by atoms with Crippen LogP contribution in [0.2, 0.25) is 0 Å². The van der Waals surface area contributed by atoms with Crippen molar-refractivity contribution in [1.29, 1.82) is 0 Å². The van der Waals surface area contributed by atoms with Gasteiger partial charge in [-0.15, -0.1) is 0 Å². The molecule has 19 heavy (non-hydrogen) atoms. The molecular weight excluding hydrogens is 262 g/mol. The standard InChI is InChI=1S/C13H19N3O2S/c1-8(2)7-10(13(17)18-3)16-12-9(11(14)19)5-4-6-15-12/h4-6,8,10H,7H2,1-3H3,(H2,14,19)(H,15,16). The van der Waals surface area contributed by atoms with Crippen molar-refractivity contribution >= 4 is 29.0 Å². The average molecular weight is 281 g/mol. The van der Waals surface area contributed by atoms with Crippen molar-refractivity contribution in [2.24, 2.45) is 11.7 Å². The molecule has 1 aromatic heterocycles. The Bertz CT molecular complexity index is 463. The van der Waals surface area contributed by atoms with E-state index < -0.39 is 6.04 Å². The molecule has 0 radical (unpaired) electrons. The van der Waals surface area contributed by atoms with Gasteiger partial charge in [-0.3, -0.25) is 0 Å². The van der Waals surface area contributed by atoms with Gasteiger partial charge in [-0.2, -0.15) is 0 Å². The maximum absolute atomic E-state index is 11.8. The molecule has 0 aliphatic heterocycles. The largest absolute Gasteiger partial charge is 0.467 e. The summed E-state index contributed by atoms with van der Waals surface area (Å²) in [6.07, 6.45) is 2.26. The van der Waals surface area contributed by atoms with E-state index in [2.05, 4.69) is 10.3 Å². The first-order chi connectivity index (χ1) is 8.95. The van der Waals surface area contributed by atoms with E-state index >= 15 is 0 Å². The van der Waals surface area contributed by atoms with Crippen LogP contribution in [0.3, 0.4) is 0 Å². The van der Waals surface area contributed by atoms with Gasteiger partial charge in [0, 0.05) is 6.20 Å². The lowest BCUT2D eigenvalue weighted by Gasteiger charge is -2.20. The van der Waals surface area contributed by atoms with Gasteiger partial charge in [0.1, 0.15) is 16.8 Å². The van der Waals surface area contributed by atoms with Gasteiger partial charge in [-0.1, -0.05) is 26.1 Å². The summed E-state index contributed by atoms with van der Waals surface area (Å²) in [5, 5.41) is 3.06. The summed E-state index contributed by atoms with van der Waals surface area (Å²) in [5.41, 5.74) is 6.26. The quantitative estimate of drug-likeness (QED) is 0.610. The second kappa shape index (κ2) is 7.04. The Kier molecular flexibility index (Phi) is 5.69. The van der Waals surface area contributed by atoms with Gasteiger partial charge in [0.15, 0.2) is 0 Å². The normalized spacial score (nSPS) is 12.0. The zero-order valence-corrected chi connectivity index (χ0v) is 12.2. The van der Waals surface area contributed by atoms with Crippen LogP contribution in [0, 0.1) is 5.92 Å². The number of anilines is 1. The number of carbonyl (C=O) groups is 1. The Labute approximate surface area is 118 Å². The minimum Gasteiger partial charge on any atom is -0.467 e. The number of hydrogen-bond donors (Lipinski definition) is 2. The number of nitrogens with one attached hydrogen (secondary N) is 1. The molecule has 1 heterocycles. The van der Waals surface area contributed by atoms with E-state index in [9.17, 15) is 4.79 Å². The fraction of sp³-hybridized carbons (Fsp3) is 0.462. The van der Waals surface area contributed by atoms with Crippen molar-refractivity contribution < 1.29 is 9.53 Å². The van der Waals surface area contributed by atoms with Crippen LogP contribution < -0.4 is 11.1 Å². The maximum Gasteiger partial charge on any atom is 0.328 e. The average Bonchev–Trinajstić information content (AvgIpc) is 2.36. The Balaban J connectivity index is 2.96. The molecule has 0 aliphatic rings. The number of thiocarbonyl (C=S) groups is 1. The fourth-order valence-electron chi connectivity index (χ4n) is 1.71. The van der Waals surface area contributed by atoms with Crippen LogP contribution in [-0.4, -0.2) is 29.1 Å². The highest BCUT2D eigenvalue weighted by Crippen LogP contribution is 2.16. The third-order valence-corrected chi connectivity index (χ3v) is 2.80. The Morgan fingerprint density at radius 1 is 1.58 bits per heavy atom. The van der Waals surface area contributed by atoms with Crippen molar-refractivity contribution in [3.63, 3.8) is 0 Å². The lowest BCUT2D eigenvalue weighted by Crippen LogP contribution is -2.33. The highest BCUT2D eigenvalue weighted by Gasteiger charge is 2.22. The summed E-state index contributed by atoms with van der Waals surface area (Å²) in [6.45, 7) is 4.06. The van der Waals surface area contributed by atoms with Crippen molar-refractivity contribution in [1.82, 2.24) is 4.98 Å². The minimum atomic E-state index is -0.465. The van der Waals surface area contributed by atoms with E-state index in [1.807, 2.05) is 13.8 Å². The van der Waals surface area contributed by atoms with Crippen LogP contribution in [0.1, 0.15) is 25.8 Å². The van der Waals surface area contributed by atoms with E-state index in [0.717, 1.165) is 0 Å². The zero-order chi connectivity index (χ0) is 14.4. The summed E-state index contributed by atoms with van der Waals surface area (Å²) in [7, 11) is 1.37. The number of nitrogens with zero attached hydrogens (tertiary/aromatic N) is 1. The molecular formula is C13H19N3O2S. The molecule has 0 bridgehead atoms. The van der Waals surface area contributed by atoms with Gasteiger partial charge < -0.3 is 15.8 Å². The van der Waals surface area contributed by atoms with E-state index in [1.54, 1.807) is 18.3 Å². The number of carbonyl (C=O) groups excluding carboxylic acids is 1. The molecule has 0 aromatic carbocycles. The maximum atomic E-state index is 11.8. The molecule has 6 heteroatoms. The van der Waals surface area contributed by atoms with Crippen LogP contribution in [0.15, 0.2) is 18.3 Å². The van der Waals surface area contributed by atoms with Crippen LogP contribution in [-0.2, 0) is 9.53 Å². The number of ether oxygens (including phenoxy) is 1. The molecule has 0 saturated heterocycles. The Morgan fingerprint density at radius 3 is 2.79 bits per heavy atom. The molecule has 3 N–H and O–H groups in total. The summed E-state index contributed by atoms with van der Waals surface area (Å²) in [4.78, 5) is 16.2. The van der Waals surface area contributed by atoms with Crippen molar-refractivity contribution in [2.45, 2.75) is 26.3 Å². The number of hydrogen-bond acceptors (Lipinski definition) is 5. The first kappa shape index (κ1) is 15.4. The van der Waals surface area contributed by atoms with Crippen LogP contribution >= 0.6 is 12.2 Å². The molecule has 0 aliphatic carbocycles. The predicted octanol–water partition coefficient (Wildman–Crippen LogP) is 1.72. The summed E-state index contributed by atoms with van der Waals surface area (Å²) < 4.78 is 4.79. The number of rotatable bonds is 6. The highest BCUT2D eigenvalue weighted by atomic mass is 32.1. The summed E-state index contributed by atoms with van der Waals surface area (Å²) in [6, 6.07) is 3.05. The molecule has 5 nitrogen and oxygen atoms in total. The first-order valence-corrected chi connectivity index (χ1v) is 6.45. The third-order valence-electron chi connectivity index (χ3n) is 2.58. The van der Waals surface area contributed by atoms with Gasteiger partial charge in [0.05, 0.1) is 12.7 Å².